The number of halogens is 2. The normalized spacial score (nSPS) is 16.0. The molecule has 2 aromatic heterocycles. The van der Waals surface area contributed by atoms with Crippen molar-refractivity contribution in [3.63, 3.8) is 0 Å². The maximum absolute atomic E-state index is 15.6. The largest absolute Gasteiger partial charge is 0.345 e. The van der Waals surface area contributed by atoms with Gasteiger partial charge >= 0.3 is 0 Å². The molecule has 1 fully saturated rings. The average molecular weight is 543 g/mol. The Morgan fingerprint density at radius 1 is 1.26 bits per heavy atom. The molecule has 0 bridgehead atoms. The molecule has 1 aromatic carbocycles. The molecule has 0 spiro atoms. The van der Waals surface area contributed by atoms with Gasteiger partial charge in [-0.3, -0.25) is 14.3 Å². The second-order valence-electron chi connectivity index (χ2n) is 9.51. The number of benzene rings is 1. The van der Waals surface area contributed by atoms with Gasteiger partial charge in [-0.15, -0.1) is 5.10 Å². The molecule has 0 unspecified atom stereocenters. The highest BCUT2D eigenvalue weighted by atomic mass is 79.9. The molecule has 0 N–H and O–H groups in total. The van der Waals surface area contributed by atoms with Gasteiger partial charge in [-0.05, 0) is 58.8 Å². The van der Waals surface area contributed by atoms with Crippen molar-refractivity contribution in [2.75, 3.05) is 27.2 Å². The van der Waals surface area contributed by atoms with Crippen LogP contribution in [0.5, 0.6) is 0 Å². The van der Waals surface area contributed by atoms with E-state index in [9.17, 15) is 9.59 Å². The van der Waals surface area contributed by atoms with Gasteiger partial charge in [-0.25, -0.2) is 4.39 Å². The highest BCUT2D eigenvalue weighted by molar-refractivity contribution is 9.10. The van der Waals surface area contributed by atoms with Gasteiger partial charge in [0.15, 0.2) is 0 Å². The van der Waals surface area contributed by atoms with E-state index in [-0.39, 0.29) is 17.4 Å². The summed E-state index contributed by atoms with van der Waals surface area (Å²) in [6.45, 7) is 2.40. The zero-order valence-electron chi connectivity index (χ0n) is 19.9. The number of aryl methyl sites for hydroxylation is 1. The van der Waals surface area contributed by atoms with Crippen LogP contribution in [0.1, 0.15) is 41.7 Å². The Kier molecular flexibility index (Phi) is 6.48. The molecule has 8 nitrogen and oxygen atoms in total. The Morgan fingerprint density at radius 2 is 2.06 bits per heavy atom. The summed E-state index contributed by atoms with van der Waals surface area (Å²) < 4.78 is 20.1. The van der Waals surface area contributed by atoms with Crippen molar-refractivity contribution in [2.24, 2.45) is 5.92 Å². The first kappa shape index (κ1) is 23.7. The topological polar surface area (TPSA) is 76.3 Å². The van der Waals surface area contributed by atoms with E-state index >= 15 is 4.39 Å². The summed E-state index contributed by atoms with van der Waals surface area (Å²) in [5.41, 5.74) is 2.73. The van der Waals surface area contributed by atoms with Crippen molar-refractivity contribution < 1.29 is 14.0 Å². The fourth-order valence-electron chi connectivity index (χ4n) is 4.65. The lowest BCUT2D eigenvalue weighted by atomic mass is 10.0. The molecule has 1 aliphatic heterocycles. The molecule has 0 saturated heterocycles. The Morgan fingerprint density at radius 3 is 2.74 bits per heavy atom. The van der Waals surface area contributed by atoms with Crippen LogP contribution in [0.3, 0.4) is 0 Å². The summed E-state index contributed by atoms with van der Waals surface area (Å²) in [6, 6.07) is 3.43. The minimum atomic E-state index is -0.505. The molecule has 5 rings (SSSR count). The number of hydrogen-bond acceptors (Lipinski definition) is 4. The fraction of sp³-hybridized carbons (Fsp3) is 0.440. The number of hydrogen-bond donors (Lipinski definition) is 0. The number of nitrogens with zero attached hydrogens (tertiary/aromatic N) is 6. The SMILES string of the molecule is CN(C)C(=O)c1cc(Br)c2c(cc(C3=CCCN(C(=O)CCn4ccnn4)C3)n2CC2CC2)c1F. The van der Waals surface area contributed by atoms with Crippen molar-refractivity contribution in [1.29, 1.82) is 0 Å². The number of amides is 2. The first-order valence-corrected chi connectivity index (χ1v) is 12.7. The highest BCUT2D eigenvalue weighted by Crippen LogP contribution is 2.39. The number of fused-ring (bicyclic) bond motifs is 1. The first-order valence-electron chi connectivity index (χ1n) is 11.9. The van der Waals surface area contributed by atoms with Gasteiger partial charge in [0.2, 0.25) is 5.91 Å². The second-order valence-corrected chi connectivity index (χ2v) is 10.4. The molecular weight excluding hydrogens is 515 g/mol. The highest BCUT2D eigenvalue weighted by Gasteiger charge is 2.29. The van der Waals surface area contributed by atoms with Crippen LogP contribution in [0, 0.1) is 11.7 Å². The molecule has 3 heterocycles. The van der Waals surface area contributed by atoms with Crippen LogP contribution in [0.2, 0.25) is 0 Å². The van der Waals surface area contributed by atoms with E-state index in [1.165, 1.54) is 4.90 Å². The lowest BCUT2D eigenvalue weighted by Crippen LogP contribution is -2.36. The van der Waals surface area contributed by atoms with E-state index in [1.54, 1.807) is 37.2 Å². The number of carbonyl (C=O) groups excluding carboxylic acids is 2. The molecule has 2 aliphatic rings. The van der Waals surface area contributed by atoms with E-state index < -0.39 is 5.82 Å². The van der Waals surface area contributed by atoms with E-state index in [0.29, 0.717) is 41.8 Å². The molecule has 10 heteroatoms. The molecular formula is C25H28BrFN6O2. The summed E-state index contributed by atoms with van der Waals surface area (Å²) in [5.74, 6) is -0.258. The van der Waals surface area contributed by atoms with Crippen molar-refractivity contribution in [3.8, 4) is 0 Å². The Labute approximate surface area is 211 Å². The fourth-order valence-corrected chi connectivity index (χ4v) is 5.31. The van der Waals surface area contributed by atoms with Crippen LogP contribution in [-0.4, -0.2) is 68.4 Å². The standard InChI is InChI=1S/C25H28BrFN6O2/c1-30(2)25(35)19-12-20(26)24-18(23(19)27)13-21(33(24)14-16-5-6-16)17-4-3-9-31(15-17)22(34)7-10-32-11-8-28-29-32/h4,8,11-13,16H,3,5-7,9-10,14-15H2,1-2H3. The molecule has 1 aliphatic carbocycles. The third kappa shape index (κ3) is 4.76. The van der Waals surface area contributed by atoms with Crippen molar-refractivity contribution in [1.82, 2.24) is 29.4 Å². The van der Waals surface area contributed by atoms with Crippen LogP contribution in [0.15, 0.2) is 35.1 Å². The van der Waals surface area contributed by atoms with E-state index in [1.807, 2.05) is 11.0 Å². The zero-order chi connectivity index (χ0) is 24.7. The maximum atomic E-state index is 15.6. The average Bonchev–Trinajstić information content (AvgIpc) is 3.35. The van der Waals surface area contributed by atoms with Gasteiger partial charge in [0.1, 0.15) is 5.82 Å². The Hall–Kier alpha value is -3.01. The minimum absolute atomic E-state index is 0.0482. The second kappa shape index (κ2) is 9.56. The zero-order valence-corrected chi connectivity index (χ0v) is 21.5. The molecule has 2 amide bonds. The number of carbonyl (C=O) groups is 2. The first-order chi connectivity index (χ1) is 16.8. The van der Waals surface area contributed by atoms with Gasteiger partial charge in [0, 0.05) is 61.9 Å². The molecule has 3 aromatic rings. The maximum Gasteiger partial charge on any atom is 0.256 e. The molecule has 0 radical (unpaired) electrons. The molecule has 35 heavy (non-hydrogen) atoms. The number of aromatic nitrogens is 4. The number of rotatable bonds is 7. The lowest BCUT2D eigenvalue weighted by molar-refractivity contribution is -0.131. The van der Waals surface area contributed by atoms with Crippen LogP contribution in [0.25, 0.3) is 16.5 Å². The van der Waals surface area contributed by atoms with Gasteiger partial charge < -0.3 is 14.4 Å². The van der Waals surface area contributed by atoms with Crippen molar-refractivity contribution in [3.05, 3.63) is 52.1 Å². The minimum Gasteiger partial charge on any atom is -0.345 e. The molecule has 0 atom stereocenters. The molecule has 184 valence electrons. The predicted octanol–water partition coefficient (Wildman–Crippen LogP) is 3.95. The smallest absolute Gasteiger partial charge is 0.256 e. The van der Waals surface area contributed by atoms with Crippen molar-refractivity contribution in [2.45, 2.75) is 38.8 Å². The third-order valence-corrected chi connectivity index (χ3v) is 7.31. The van der Waals surface area contributed by atoms with E-state index in [4.69, 9.17) is 0 Å². The van der Waals surface area contributed by atoms with Gasteiger partial charge in [0.05, 0.1) is 23.8 Å². The van der Waals surface area contributed by atoms with E-state index in [0.717, 1.165) is 42.6 Å². The van der Waals surface area contributed by atoms with Crippen molar-refractivity contribution >= 4 is 44.2 Å². The summed E-state index contributed by atoms with van der Waals surface area (Å²) in [6.07, 6.45) is 8.88. The summed E-state index contributed by atoms with van der Waals surface area (Å²) in [4.78, 5) is 28.8. The summed E-state index contributed by atoms with van der Waals surface area (Å²) in [7, 11) is 3.23. The van der Waals surface area contributed by atoms with Gasteiger partial charge in [0.25, 0.3) is 5.91 Å². The summed E-state index contributed by atoms with van der Waals surface area (Å²) in [5, 5.41) is 8.14. The third-order valence-electron chi connectivity index (χ3n) is 6.70. The van der Waals surface area contributed by atoms with Crippen LogP contribution in [-0.2, 0) is 17.9 Å². The Balaban J connectivity index is 1.48. The Bertz CT molecular complexity index is 1310. The van der Waals surface area contributed by atoms with E-state index in [2.05, 4.69) is 36.9 Å². The van der Waals surface area contributed by atoms with Crippen LogP contribution in [0.4, 0.5) is 4.39 Å². The van der Waals surface area contributed by atoms with Crippen LogP contribution >= 0.6 is 15.9 Å². The monoisotopic (exact) mass is 542 g/mol. The predicted molar refractivity (Wildman–Crippen MR) is 134 cm³/mol. The lowest BCUT2D eigenvalue weighted by Gasteiger charge is -2.28. The molecule has 1 saturated carbocycles. The van der Waals surface area contributed by atoms with Gasteiger partial charge in [-0.2, -0.15) is 0 Å². The quantitative estimate of drug-likeness (QED) is 0.453. The summed E-state index contributed by atoms with van der Waals surface area (Å²) >= 11 is 3.62. The van der Waals surface area contributed by atoms with Gasteiger partial charge in [-0.1, -0.05) is 11.3 Å². The van der Waals surface area contributed by atoms with Crippen LogP contribution < -0.4 is 0 Å².